The molecule has 3 aliphatic heterocycles. The lowest BCUT2D eigenvalue weighted by atomic mass is 9.84. The zero-order valence-corrected chi connectivity index (χ0v) is 12.6. The van der Waals surface area contributed by atoms with Gasteiger partial charge >= 0.3 is 0 Å². The van der Waals surface area contributed by atoms with Crippen LogP contribution in [0.5, 0.6) is 5.75 Å². The molecule has 1 atom stereocenters. The minimum Gasteiger partial charge on any atom is -0.429 e. The van der Waals surface area contributed by atoms with Crippen molar-refractivity contribution >= 4 is 23.3 Å². The number of ether oxygens (including phenoxy) is 1. The van der Waals surface area contributed by atoms with Gasteiger partial charge in [-0.25, -0.2) is 0 Å². The summed E-state index contributed by atoms with van der Waals surface area (Å²) in [7, 11) is 0. The smallest absolute Gasteiger partial charge is 0.298 e. The van der Waals surface area contributed by atoms with Crippen LogP contribution in [0.15, 0.2) is 18.2 Å². The Morgan fingerprint density at radius 2 is 2.22 bits per heavy atom. The van der Waals surface area contributed by atoms with Crippen LogP contribution >= 0.6 is 0 Å². The maximum atomic E-state index is 12.6. The normalized spacial score (nSPS) is 26.2. The summed E-state index contributed by atoms with van der Waals surface area (Å²) < 4.78 is 4.80. The van der Waals surface area contributed by atoms with Crippen LogP contribution in [0.1, 0.15) is 23.3 Å². The first-order valence-corrected chi connectivity index (χ1v) is 7.86. The van der Waals surface area contributed by atoms with Crippen molar-refractivity contribution in [3.05, 3.63) is 23.9 Å². The van der Waals surface area contributed by atoms with Gasteiger partial charge in [0.05, 0.1) is 5.52 Å². The zero-order valence-electron chi connectivity index (χ0n) is 12.6. The predicted octanol–water partition coefficient (Wildman–Crippen LogP) is 0.922. The Morgan fingerprint density at radius 3 is 2.91 bits per heavy atom. The number of nitrogens with zero attached hydrogens (tertiary/aromatic N) is 2. The Morgan fingerprint density at radius 1 is 1.39 bits per heavy atom. The van der Waals surface area contributed by atoms with E-state index in [1.807, 2.05) is 0 Å². The standard InChI is InChI=1S/C16H18N4O3/c21-9-23-11-1-2-12-13(7-11)18-19-15(12)16(22)17-14-8-20-5-3-10(14)4-6-20/h1-2,7,9-10,14H,3-6,8H2,(H,17,22)(H,18,19)/t14-/m1/s1. The van der Waals surface area contributed by atoms with Crippen molar-refractivity contribution in [2.45, 2.75) is 18.9 Å². The van der Waals surface area contributed by atoms with Crippen molar-refractivity contribution in [3.63, 3.8) is 0 Å². The highest BCUT2D eigenvalue weighted by Crippen LogP contribution is 2.28. The molecule has 1 aromatic carbocycles. The van der Waals surface area contributed by atoms with Crippen LogP contribution in [-0.4, -0.2) is 53.2 Å². The fraction of sp³-hybridized carbons (Fsp3) is 0.438. The van der Waals surface area contributed by atoms with Crippen molar-refractivity contribution in [1.82, 2.24) is 20.4 Å². The molecule has 23 heavy (non-hydrogen) atoms. The number of amides is 1. The van der Waals surface area contributed by atoms with Gasteiger partial charge in [0, 0.05) is 24.0 Å². The number of hydrogen-bond donors (Lipinski definition) is 2. The van der Waals surface area contributed by atoms with Crippen molar-refractivity contribution in [1.29, 1.82) is 0 Å². The molecule has 2 bridgehead atoms. The number of carbonyl (C=O) groups is 2. The van der Waals surface area contributed by atoms with Gasteiger partial charge in [-0.15, -0.1) is 0 Å². The molecule has 5 rings (SSSR count). The molecule has 0 radical (unpaired) electrons. The van der Waals surface area contributed by atoms with Crippen LogP contribution in [0.4, 0.5) is 0 Å². The van der Waals surface area contributed by atoms with Crippen LogP contribution in [0, 0.1) is 5.92 Å². The van der Waals surface area contributed by atoms with E-state index in [1.54, 1.807) is 18.2 Å². The molecule has 2 N–H and O–H groups in total. The summed E-state index contributed by atoms with van der Waals surface area (Å²) in [4.78, 5) is 25.4. The summed E-state index contributed by atoms with van der Waals surface area (Å²) in [6.07, 6.45) is 2.30. The third-order valence-electron chi connectivity index (χ3n) is 4.91. The molecule has 120 valence electrons. The number of rotatable bonds is 4. The van der Waals surface area contributed by atoms with Gasteiger partial charge in [-0.1, -0.05) is 0 Å². The molecule has 3 aliphatic rings. The second kappa shape index (κ2) is 5.66. The van der Waals surface area contributed by atoms with Gasteiger partial charge in [-0.05, 0) is 44.0 Å². The fourth-order valence-electron chi connectivity index (χ4n) is 3.67. The van der Waals surface area contributed by atoms with Gasteiger partial charge in [0.15, 0.2) is 5.69 Å². The van der Waals surface area contributed by atoms with Gasteiger partial charge in [0.1, 0.15) is 5.75 Å². The number of hydrogen-bond acceptors (Lipinski definition) is 5. The molecule has 2 aromatic rings. The number of carbonyl (C=O) groups excluding carboxylic acids is 2. The Labute approximate surface area is 133 Å². The Balaban J connectivity index is 1.54. The van der Waals surface area contributed by atoms with E-state index in [9.17, 15) is 9.59 Å². The van der Waals surface area contributed by atoms with Crippen molar-refractivity contribution in [2.24, 2.45) is 5.92 Å². The molecule has 3 fully saturated rings. The van der Waals surface area contributed by atoms with E-state index in [-0.39, 0.29) is 11.9 Å². The number of H-pyrrole nitrogens is 1. The highest BCUT2D eigenvalue weighted by molar-refractivity contribution is 6.05. The highest BCUT2D eigenvalue weighted by atomic mass is 16.5. The Bertz CT molecular complexity index is 749. The summed E-state index contributed by atoms with van der Waals surface area (Å²) >= 11 is 0. The molecular formula is C16H18N4O3. The van der Waals surface area contributed by atoms with Gasteiger partial charge in [0.25, 0.3) is 12.4 Å². The van der Waals surface area contributed by atoms with E-state index < -0.39 is 0 Å². The second-order valence-electron chi connectivity index (χ2n) is 6.21. The van der Waals surface area contributed by atoms with E-state index in [2.05, 4.69) is 20.4 Å². The molecule has 0 spiro atoms. The Hall–Kier alpha value is -2.41. The van der Waals surface area contributed by atoms with Crippen molar-refractivity contribution in [2.75, 3.05) is 19.6 Å². The number of benzene rings is 1. The minimum absolute atomic E-state index is 0.154. The molecule has 0 aliphatic carbocycles. The van der Waals surface area contributed by atoms with Gasteiger partial charge < -0.3 is 15.0 Å². The molecule has 3 saturated heterocycles. The first kappa shape index (κ1) is 14.2. The summed E-state index contributed by atoms with van der Waals surface area (Å²) in [5.74, 6) is 0.835. The summed E-state index contributed by atoms with van der Waals surface area (Å²) in [5, 5.41) is 10.8. The number of fused-ring (bicyclic) bond motifs is 4. The predicted molar refractivity (Wildman–Crippen MR) is 83.2 cm³/mol. The summed E-state index contributed by atoms with van der Waals surface area (Å²) in [6, 6.07) is 5.25. The number of aromatic amines is 1. The molecule has 1 aromatic heterocycles. The first-order chi connectivity index (χ1) is 11.2. The fourth-order valence-corrected chi connectivity index (χ4v) is 3.67. The first-order valence-electron chi connectivity index (χ1n) is 7.86. The van der Waals surface area contributed by atoms with E-state index in [0.717, 1.165) is 37.9 Å². The molecule has 7 nitrogen and oxygen atoms in total. The van der Waals surface area contributed by atoms with Crippen molar-refractivity contribution < 1.29 is 14.3 Å². The van der Waals surface area contributed by atoms with Crippen molar-refractivity contribution in [3.8, 4) is 5.75 Å². The Kier molecular flexibility index (Phi) is 3.49. The summed E-state index contributed by atoms with van der Waals surface area (Å²) in [6.45, 7) is 3.58. The van der Waals surface area contributed by atoms with Crippen LogP contribution in [0.2, 0.25) is 0 Å². The molecule has 7 heteroatoms. The van der Waals surface area contributed by atoms with Gasteiger partial charge in [-0.3, -0.25) is 14.7 Å². The second-order valence-corrected chi connectivity index (χ2v) is 6.21. The van der Waals surface area contributed by atoms with Gasteiger partial charge in [0.2, 0.25) is 0 Å². The summed E-state index contributed by atoms with van der Waals surface area (Å²) in [5.41, 5.74) is 1.05. The monoisotopic (exact) mass is 314 g/mol. The van der Waals surface area contributed by atoms with E-state index in [1.165, 1.54) is 0 Å². The largest absolute Gasteiger partial charge is 0.429 e. The lowest BCUT2D eigenvalue weighted by Crippen LogP contribution is -2.57. The van der Waals surface area contributed by atoms with E-state index in [0.29, 0.717) is 29.4 Å². The maximum absolute atomic E-state index is 12.6. The average Bonchev–Trinajstić information content (AvgIpc) is 2.99. The maximum Gasteiger partial charge on any atom is 0.298 e. The SMILES string of the molecule is O=COc1ccc2c(C(=O)N[C@@H]3CN4CCC3CC4)n[nH]c2c1. The van der Waals surface area contributed by atoms with Crippen LogP contribution in [0.25, 0.3) is 10.9 Å². The van der Waals surface area contributed by atoms with E-state index >= 15 is 0 Å². The number of nitrogens with one attached hydrogen (secondary N) is 2. The average molecular weight is 314 g/mol. The zero-order chi connectivity index (χ0) is 15.8. The number of aromatic nitrogens is 2. The van der Waals surface area contributed by atoms with E-state index in [4.69, 9.17) is 4.74 Å². The molecule has 0 saturated carbocycles. The van der Waals surface area contributed by atoms with Crippen LogP contribution < -0.4 is 10.1 Å². The quantitative estimate of drug-likeness (QED) is 0.820. The highest BCUT2D eigenvalue weighted by Gasteiger charge is 2.35. The lowest BCUT2D eigenvalue weighted by molar-refractivity contribution is -0.120. The molecular weight excluding hydrogens is 296 g/mol. The van der Waals surface area contributed by atoms with Gasteiger partial charge in [-0.2, -0.15) is 5.10 Å². The van der Waals surface area contributed by atoms with Crippen LogP contribution in [0.3, 0.4) is 0 Å². The lowest BCUT2D eigenvalue weighted by Gasteiger charge is -2.44. The molecule has 0 unspecified atom stereocenters. The third-order valence-corrected chi connectivity index (χ3v) is 4.91. The third kappa shape index (κ3) is 2.57. The van der Waals surface area contributed by atoms with Crippen LogP contribution in [-0.2, 0) is 4.79 Å². The minimum atomic E-state index is -0.154. The molecule has 1 amide bonds. The molecule has 4 heterocycles. The topological polar surface area (TPSA) is 87.3 Å². The number of piperidine rings is 3.